The molecule has 0 spiro atoms. The van der Waals surface area contributed by atoms with Crippen molar-refractivity contribution in [3.63, 3.8) is 0 Å². The van der Waals surface area contributed by atoms with E-state index in [-0.39, 0.29) is 18.5 Å². The Labute approximate surface area is 83.0 Å². The Bertz CT molecular complexity index is 293. The standard InChI is InChI=1S/C10H14N2O2/c1-3-6-14-10(13)8(2)7-9-11-4-5-12-9/h3-5,8H,1,6-7H2,2H3,(H,11,12). The average molecular weight is 194 g/mol. The van der Waals surface area contributed by atoms with Gasteiger partial charge in [-0.1, -0.05) is 19.6 Å². The first-order valence-electron chi connectivity index (χ1n) is 4.50. The van der Waals surface area contributed by atoms with Crippen molar-refractivity contribution >= 4 is 5.97 Å². The molecule has 0 saturated heterocycles. The van der Waals surface area contributed by atoms with Crippen molar-refractivity contribution in [2.45, 2.75) is 13.3 Å². The summed E-state index contributed by atoms with van der Waals surface area (Å²) in [5, 5.41) is 0. The van der Waals surface area contributed by atoms with E-state index >= 15 is 0 Å². The minimum atomic E-state index is -0.221. The molecule has 0 aliphatic heterocycles. The molecule has 1 aromatic rings. The maximum atomic E-state index is 11.3. The molecule has 14 heavy (non-hydrogen) atoms. The predicted octanol–water partition coefficient (Wildman–Crippen LogP) is 1.32. The Kier molecular flexibility index (Phi) is 3.91. The molecule has 1 N–H and O–H groups in total. The van der Waals surface area contributed by atoms with E-state index in [2.05, 4.69) is 16.5 Å². The highest BCUT2D eigenvalue weighted by atomic mass is 16.5. The molecule has 0 radical (unpaired) electrons. The number of carbonyl (C=O) groups is 1. The molecule has 0 fully saturated rings. The quantitative estimate of drug-likeness (QED) is 0.568. The Morgan fingerprint density at radius 2 is 2.64 bits per heavy atom. The van der Waals surface area contributed by atoms with Crippen LogP contribution < -0.4 is 0 Å². The molecule has 1 heterocycles. The van der Waals surface area contributed by atoms with Crippen LogP contribution in [0.5, 0.6) is 0 Å². The second-order valence-electron chi connectivity index (χ2n) is 3.06. The molecule has 76 valence electrons. The summed E-state index contributed by atoms with van der Waals surface area (Å²) in [5.41, 5.74) is 0. The van der Waals surface area contributed by atoms with Gasteiger partial charge in [-0.05, 0) is 0 Å². The number of rotatable bonds is 5. The molecule has 0 aliphatic carbocycles. The maximum Gasteiger partial charge on any atom is 0.309 e. The van der Waals surface area contributed by atoms with Crippen molar-refractivity contribution in [2.75, 3.05) is 6.61 Å². The number of imidazole rings is 1. The van der Waals surface area contributed by atoms with E-state index in [0.29, 0.717) is 6.42 Å². The molecule has 0 aliphatic rings. The largest absolute Gasteiger partial charge is 0.461 e. The molecule has 0 amide bonds. The lowest BCUT2D eigenvalue weighted by molar-refractivity contribution is -0.146. The summed E-state index contributed by atoms with van der Waals surface area (Å²) >= 11 is 0. The third-order valence-electron chi connectivity index (χ3n) is 1.80. The van der Waals surface area contributed by atoms with E-state index in [9.17, 15) is 4.79 Å². The fourth-order valence-electron chi connectivity index (χ4n) is 1.07. The zero-order chi connectivity index (χ0) is 10.4. The first-order valence-corrected chi connectivity index (χ1v) is 4.50. The van der Waals surface area contributed by atoms with E-state index in [4.69, 9.17) is 4.74 Å². The molecule has 1 unspecified atom stereocenters. The molecule has 1 atom stereocenters. The number of hydrogen-bond donors (Lipinski definition) is 1. The summed E-state index contributed by atoms with van der Waals surface area (Å²) in [4.78, 5) is 18.3. The number of nitrogens with zero attached hydrogens (tertiary/aromatic N) is 1. The van der Waals surface area contributed by atoms with Gasteiger partial charge in [0.2, 0.25) is 0 Å². The lowest BCUT2D eigenvalue weighted by Gasteiger charge is -2.08. The van der Waals surface area contributed by atoms with Crippen molar-refractivity contribution in [1.82, 2.24) is 9.97 Å². The molecule has 1 aromatic heterocycles. The van der Waals surface area contributed by atoms with Crippen molar-refractivity contribution in [1.29, 1.82) is 0 Å². The predicted molar refractivity (Wildman–Crippen MR) is 52.6 cm³/mol. The van der Waals surface area contributed by atoms with Gasteiger partial charge in [-0.3, -0.25) is 4.79 Å². The van der Waals surface area contributed by atoms with Gasteiger partial charge in [-0.15, -0.1) is 0 Å². The molecular formula is C10H14N2O2. The summed E-state index contributed by atoms with van der Waals surface area (Å²) in [6.07, 6.45) is 5.52. The Morgan fingerprint density at radius 3 is 3.21 bits per heavy atom. The monoisotopic (exact) mass is 194 g/mol. The number of nitrogens with one attached hydrogen (secondary N) is 1. The lowest BCUT2D eigenvalue weighted by atomic mass is 10.1. The topological polar surface area (TPSA) is 55.0 Å². The van der Waals surface area contributed by atoms with E-state index < -0.39 is 0 Å². The van der Waals surface area contributed by atoms with Crippen molar-refractivity contribution in [3.05, 3.63) is 30.9 Å². The van der Waals surface area contributed by atoms with E-state index in [0.717, 1.165) is 5.82 Å². The highest BCUT2D eigenvalue weighted by molar-refractivity contribution is 5.72. The van der Waals surface area contributed by atoms with Crippen LogP contribution in [0.2, 0.25) is 0 Å². The fourth-order valence-corrected chi connectivity index (χ4v) is 1.07. The van der Waals surface area contributed by atoms with Crippen LogP contribution in [-0.2, 0) is 16.0 Å². The summed E-state index contributed by atoms with van der Waals surface area (Å²) < 4.78 is 4.90. The van der Waals surface area contributed by atoms with Gasteiger partial charge in [0, 0.05) is 18.8 Å². The Morgan fingerprint density at radius 1 is 1.86 bits per heavy atom. The zero-order valence-electron chi connectivity index (χ0n) is 8.19. The van der Waals surface area contributed by atoms with Crippen molar-refractivity contribution in [3.8, 4) is 0 Å². The van der Waals surface area contributed by atoms with Gasteiger partial charge in [-0.25, -0.2) is 4.98 Å². The Hall–Kier alpha value is -1.58. The third-order valence-corrected chi connectivity index (χ3v) is 1.80. The van der Waals surface area contributed by atoms with Gasteiger partial charge in [-0.2, -0.15) is 0 Å². The van der Waals surface area contributed by atoms with Gasteiger partial charge in [0.05, 0.1) is 5.92 Å². The first kappa shape index (κ1) is 10.5. The van der Waals surface area contributed by atoms with Crippen LogP contribution in [-0.4, -0.2) is 22.5 Å². The number of aromatic nitrogens is 2. The van der Waals surface area contributed by atoms with Crippen LogP contribution in [0.25, 0.3) is 0 Å². The van der Waals surface area contributed by atoms with Crippen LogP contribution in [0, 0.1) is 5.92 Å². The number of esters is 1. The number of aromatic amines is 1. The second-order valence-corrected chi connectivity index (χ2v) is 3.06. The van der Waals surface area contributed by atoms with Crippen LogP contribution in [0.4, 0.5) is 0 Å². The maximum absolute atomic E-state index is 11.3. The van der Waals surface area contributed by atoms with Crippen LogP contribution in [0.15, 0.2) is 25.0 Å². The number of H-pyrrole nitrogens is 1. The Balaban J connectivity index is 2.37. The van der Waals surface area contributed by atoms with Crippen LogP contribution in [0.1, 0.15) is 12.7 Å². The lowest BCUT2D eigenvalue weighted by Crippen LogP contribution is -2.17. The van der Waals surface area contributed by atoms with Gasteiger partial charge in [0.1, 0.15) is 12.4 Å². The highest BCUT2D eigenvalue weighted by Crippen LogP contribution is 2.05. The number of ether oxygens (including phenoxy) is 1. The zero-order valence-corrected chi connectivity index (χ0v) is 8.19. The molecular weight excluding hydrogens is 180 g/mol. The normalized spacial score (nSPS) is 12.1. The van der Waals surface area contributed by atoms with Gasteiger partial charge >= 0.3 is 5.97 Å². The highest BCUT2D eigenvalue weighted by Gasteiger charge is 2.15. The number of hydrogen-bond acceptors (Lipinski definition) is 3. The van der Waals surface area contributed by atoms with Gasteiger partial charge in [0.15, 0.2) is 0 Å². The minimum absolute atomic E-state index is 0.180. The van der Waals surface area contributed by atoms with E-state index in [1.54, 1.807) is 18.5 Å². The van der Waals surface area contributed by atoms with Gasteiger partial charge < -0.3 is 9.72 Å². The number of carbonyl (C=O) groups excluding carboxylic acids is 1. The molecule has 0 saturated carbocycles. The van der Waals surface area contributed by atoms with Crippen molar-refractivity contribution in [2.24, 2.45) is 5.92 Å². The SMILES string of the molecule is C=CCOC(=O)C(C)Cc1ncc[nH]1. The van der Waals surface area contributed by atoms with E-state index in [1.807, 2.05) is 6.92 Å². The first-order chi connectivity index (χ1) is 6.74. The molecule has 1 rings (SSSR count). The van der Waals surface area contributed by atoms with Crippen molar-refractivity contribution < 1.29 is 9.53 Å². The summed E-state index contributed by atoms with van der Waals surface area (Å²) in [5.74, 6) is 0.399. The fraction of sp³-hybridized carbons (Fsp3) is 0.400. The second kappa shape index (κ2) is 5.21. The average Bonchev–Trinajstić information content (AvgIpc) is 2.66. The molecule has 4 heteroatoms. The summed E-state index contributed by atoms with van der Waals surface area (Å²) in [7, 11) is 0. The van der Waals surface area contributed by atoms with Crippen LogP contribution >= 0.6 is 0 Å². The molecule has 4 nitrogen and oxygen atoms in total. The summed E-state index contributed by atoms with van der Waals surface area (Å²) in [6.45, 7) is 5.55. The molecule has 0 aromatic carbocycles. The third kappa shape index (κ3) is 3.05. The van der Waals surface area contributed by atoms with Crippen LogP contribution in [0.3, 0.4) is 0 Å². The smallest absolute Gasteiger partial charge is 0.309 e. The van der Waals surface area contributed by atoms with E-state index in [1.165, 1.54) is 0 Å². The summed E-state index contributed by atoms with van der Waals surface area (Å²) in [6, 6.07) is 0. The van der Waals surface area contributed by atoms with Gasteiger partial charge in [0.25, 0.3) is 0 Å². The minimum Gasteiger partial charge on any atom is -0.461 e. The molecule has 0 bridgehead atoms.